The maximum atomic E-state index is 9.46. The van der Waals surface area contributed by atoms with Gasteiger partial charge in [0.15, 0.2) is 0 Å². The average Bonchev–Trinajstić information content (AvgIpc) is 2.04. The van der Waals surface area contributed by atoms with Crippen molar-refractivity contribution in [2.75, 3.05) is 17.3 Å². The van der Waals surface area contributed by atoms with Crippen LogP contribution in [0.15, 0.2) is 24.3 Å². The molecule has 1 unspecified atom stereocenters. The Labute approximate surface area is 83.4 Å². The quantitative estimate of drug-likeness (QED) is 0.725. The van der Waals surface area contributed by atoms with E-state index >= 15 is 0 Å². The number of aryl methyl sites for hydroxylation is 1. The molecule has 3 heteroatoms. The Bertz CT molecular complexity index is 265. The maximum Gasteiger partial charge on any atom is 0.133 e. The summed E-state index contributed by atoms with van der Waals surface area (Å²) in [6.45, 7) is 2.03. The smallest absolute Gasteiger partial charge is 0.133 e. The van der Waals surface area contributed by atoms with Gasteiger partial charge in [0.25, 0.3) is 0 Å². The van der Waals surface area contributed by atoms with Gasteiger partial charge in [-0.3, -0.25) is 0 Å². The van der Waals surface area contributed by atoms with Gasteiger partial charge in [0.2, 0.25) is 0 Å². The summed E-state index contributed by atoms with van der Waals surface area (Å²) in [5, 5.41) is 12.5. The molecule has 0 amide bonds. The minimum absolute atomic E-state index is 0.461. The second-order valence-electron chi connectivity index (χ2n) is 2.98. The molecule has 1 rings (SSSR count). The summed E-state index contributed by atoms with van der Waals surface area (Å²) in [6.07, 6.45) is 1.51. The van der Waals surface area contributed by atoms with Crippen molar-refractivity contribution in [3.8, 4) is 0 Å². The fraction of sp³-hybridized carbons (Fsp3) is 0.400. The minimum Gasteiger partial charge on any atom is -0.373 e. The van der Waals surface area contributed by atoms with E-state index in [1.807, 2.05) is 37.4 Å². The lowest BCUT2D eigenvalue weighted by Crippen LogP contribution is -2.21. The Morgan fingerprint density at radius 3 is 2.92 bits per heavy atom. The number of rotatable bonds is 4. The molecule has 2 nitrogen and oxygen atoms in total. The lowest BCUT2D eigenvalue weighted by atomic mass is 10.2. The number of hydrogen-bond acceptors (Lipinski definition) is 3. The molecule has 1 aromatic carbocycles. The summed E-state index contributed by atoms with van der Waals surface area (Å²) in [5.74, 6) is 0.702. The largest absolute Gasteiger partial charge is 0.373 e. The molecule has 1 aromatic rings. The van der Waals surface area contributed by atoms with Crippen LogP contribution >= 0.6 is 11.8 Å². The first kappa shape index (κ1) is 10.4. The summed E-state index contributed by atoms with van der Waals surface area (Å²) in [7, 11) is 0. The van der Waals surface area contributed by atoms with Crippen molar-refractivity contribution in [3.63, 3.8) is 0 Å². The van der Waals surface area contributed by atoms with Crippen LogP contribution in [-0.4, -0.2) is 23.3 Å². The van der Waals surface area contributed by atoms with Crippen molar-refractivity contribution in [3.05, 3.63) is 29.8 Å². The van der Waals surface area contributed by atoms with Gasteiger partial charge in [-0.25, -0.2) is 0 Å². The van der Waals surface area contributed by atoms with Crippen LogP contribution in [0.1, 0.15) is 5.56 Å². The van der Waals surface area contributed by atoms with Crippen LogP contribution in [0.3, 0.4) is 0 Å². The van der Waals surface area contributed by atoms with Gasteiger partial charge in [-0.05, 0) is 30.9 Å². The Morgan fingerprint density at radius 1 is 1.54 bits per heavy atom. The Hall–Kier alpha value is -0.670. The Morgan fingerprint density at radius 2 is 2.31 bits per heavy atom. The molecule has 0 saturated heterocycles. The first-order chi connectivity index (χ1) is 6.22. The number of benzene rings is 1. The molecule has 13 heavy (non-hydrogen) atoms. The SMILES string of the molecule is CSCC(O)Nc1cccc(C)c1. The molecule has 0 radical (unpaired) electrons. The molecule has 0 aliphatic carbocycles. The van der Waals surface area contributed by atoms with Crippen molar-refractivity contribution < 1.29 is 5.11 Å². The average molecular weight is 197 g/mol. The Kier molecular flexibility index (Phi) is 4.12. The summed E-state index contributed by atoms with van der Waals surface area (Å²) < 4.78 is 0. The fourth-order valence-electron chi connectivity index (χ4n) is 1.13. The zero-order chi connectivity index (χ0) is 9.68. The van der Waals surface area contributed by atoms with Gasteiger partial charge in [0, 0.05) is 11.4 Å². The molecule has 0 aliphatic heterocycles. The van der Waals surface area contributed by atoms with E-state index in [0.29, 0.717) is 5.75 Å². The maximum absolute atomic E-state index is 9.46. The van der Waals surface area contributed by atoms with Crippen molar-refractivity contribution in [1.82, 2.24) is 0 Å². The van der Waals surface area contributed by atoms with E-state index in [2.05, 4.69) is 5.32 Å². The number of anilines is 1. The van der Waals surface area contributed by atoms with Crippen LogP contribution in [0.25, 0.3) is 0 Å². The van der Waals surface area contributed by atoms with E-state index in [-0.39, 0.29) is 0 Å². The lowest BCUT2D eigenvalue weighted by molar-refractivity contribution is 0.229. The first-order valence-electron chi connectivity index (χ1n) is 4.22. The zero-order valence-electron chi connectivity index (χ0n) is 7.95. The third-order valence-electron chi connectivity index (χ3n) is 1.68. The van der Waals surface area contributed by atoms with Crippen LogP contribution < -0.4 is 5.32 Å². The summed E-state index contributed by atoms with van der Waals surface area (Å²) in [4.78, 5) is 0. The Balaban J connectivity index is 2.53. The third kappa shape index (κ3) is 3.70. The van der Waals surface area contributed by atoms with Gasteiger partial charge >= 0.3 is 0 Å². The molecule has 0 bridgehead atoms. The first-order valence-corrected chi connectivity index (χ1v) is 5.62. The number of aliphatic hydroxyl groups excluding tert-OH is 1. The molecule has 2 N–H and O–H groups in total. The summed E-state index contributed by atoms with van der Waals surface area (Å²) in [6, 6.07) is 7.98. The number of nitrogens with one attached hydrogen (secondary N) is 1. The van der Waals surface area contributed by atoms with E-state index in [1.165, 1.54) is 5.56 Å². The molecule has 0 aromatic heterocycles. The fourth-order valence-corrected chi connectivity index (χ4v) is 1.53. The molecular weight excluding hydrogens is 182 g/mol. The highest BCUT2D eigenvalue weighted by Crippen LogP contribution is 2.11. The van der Waals surface area contributed by atoms with Gasteiger partial charge in [0.05, 0.1) is 0 Å². The molecule has 0 saturated carbocycles. The molecule has 72 valence electrons. The molecule has 0 spiro atoms. The van der Waals surface area contributed by atoms with Crippen LogP contribution in [0.4, 0.5) is 5.69 Å². The van der Waals surface area contributed by atoms with E-state index in [9.17, 15) is 5.11 Å². The van der Waals surface area contributed by atoms with E-state index in [0.717, 1.165) is 5.69 Å². The molecule has 0 heterocycles. The second kappa shape index (κ2) is 5.14. The van der Waals surface area contributed by atoms with Crippen molar-refractivity contribution >= 4 is 17.4 Å². The van der Waals surface area contributed by atoms with Gasteiger partial charge in [-0.2, -0.15) is 11.8 Å². The minimum atomic E-state index is -0.461. The van der Waals surface area contributed by atoms with E-state index < -0.39 is 6.23 Å². The van der Waals surface area contributed by atoms with Crippen molar-refractivity contribution in [2.45, 2.75) is 13.2 Å². The lowest BCUT2D eigenvalue weighted by Gasteiger charge is -2.12. The third-order valence-corrected chi connectivity index (χ3v) is 2.32. The van der Waals surface area contributed by atoms with E-state index in [1.54, 1.807) is 11.8 Å². The number of thioether (sulfide) groups is 1. The van der Waals surface area contributed by atoms with Crippen LogP contribution in [-0.2, 0) is 0 Å². The highest BCUT2D eigenvalue weighted by atomic mass is 32.2. The molecule has 0 fully saturated rings. The van der Waals surface area contributed by atoms with Crippen LogP contribution in [0.5, 0.6) is 0 Å². The predicted molar refractivity (Wildman–Crippen MR) is 59.2 cm³/mol. The standard InChI is InChI=1S/C10H15NOS/c1-8-4-3-5-9(6-8)11-10(12)7-13-2/h3-6,10-12H,7H2,1-2H3. The molecule has 0 aliphatic rings. The van der Waals surface area contributed by atoms with Crippen LogP contribution in [0.2, 0.25) is 0 Å². The topological polar surface area (TPSA) is 32.3 Å². The number of aliphatic hydroxyl groups is 1. The van der Waals surface area contributed by atoms with Crippen molar-refractivity contribution in [2.24, 2.45) is 0 Å². The van der Waals surface area contributed by atoms with Gasteiger partial charge in [0.1, 0.15) is 6.23 Å². The van der Waals surface area contributed by atoms with Crippen molar-refractivity contribution in [1.29, 1.82) is 0 Å². The normalized spacial score (nSPS) is 12.5. The van der Waals surface area contributed by atoms with E-state index in [4.69, 9.17) is 0 Å². The summed E-state index contributed by atoms with van der Waals surface area (Å²) in [5.41, 5.74) is 2.17. The molecule has 1 atom stereocenters. The monoisotopic (exact) mass is 197 g/mol. The predicted octanol–water partition coefficient (Wildman–Crippen LogP) is 2.09. The molecular formula is C10H15NOS. The van der Waals surface area contributed by atoms with Crippen LogP contribution in [0, 0.1) is 6.92 Å². The van der Waals surface area contributed by atoms with Gasteiger partial charge < -0.3 is 10.4 Å². The summed E-state index contributed by atoms with van der Waals surface area (Å²) >= 11 is 1.62. The number of hydrogen-bond donors (Lipinski definition) is 2. The second-order valence-corrected chi connectivity index (χ2v) is 3.90. The zero-order valence-corrected chi connectivity index (χ0v) is 8.77. The highest BCUT2D eigenvalue weighted by molar-refractivity contribution is 7.98. The van der Waals surface area contributed by atoms with Gasteiger partial charge in [-0.1, -0.05) is 12.1 Å². The van der Waals surface area contributed by atoms with Gasteiger partial charge in [-0.15, -0.1) is 0 Å². The highest BCUT2D eigenvalue weighted by Gasteiger charge is 2.01.